The largest absolute Gasteiger partial charge is 0.313 e. The molecule has 1 N–H and O–H groups in total. The summed E-state index contributed by atoms with van der Waals surface area (Å²) in [6, 6.07) is 6.99. The summed E-state index contributed by atoms with van der Waals surface area (Å²) in [4.78, 5) is 19.9. The number of fused-ring (bicyclic) bond motifs is 3. The molecule has 0 spiro atoms. The van der Waals surface area contributed by atoms with Crippen LogP contribution < -0.4 is 10.9 Å². The molecule has 0 amide bonds. The Morgan fingerprint density at radius 2 is 2.04 bits per heavy atom. The minimum atomic E-state index is -0.237. The smallest absolute Gasteiger partial charge is 0.262 e. The SMILES string of the molecule is O=c1c2c3c(sc2ncn1CCc1ccc(F)cc1)CC(NCC1CC1)CC3. The zero-order valence-electron chi connectivity index (χ0n) is 15.8. The Labute approximate surface area is 167 Å². The maximum atomic E-state index is 13.1. The Balaban J connectivity index is 1.35. The van der Waals surface area contributed by atoms with Crippen molar-refractivity contribution in [1.29, 1.82) is 0 Å². The lowest BCUT2D eigenvalue weighted by Gasteiger charge is -2.23. The molecule has 4 nitrogen and oxygen atoms in total. The number of hydrogen-bond donors (Lipinski definition) is 1. The van der Waals surface area contributed by atoms with Gasteiger partial charge in [-0.1, -0.05) is 12.1 Å². The number of benzene rings is 1. The fraction of sp³-hybridized carbons (Fsp3) is 0.455. The molecule has 146 valence electrons. The van der Waals surface area contributed by atoms with Crippen LogP contribution in [-0.4, -0.2) is 22.1 Å². The van der Waals surface area contributed by atoms with Crippen molar-refractivity contribution < 1.29 is 4.39 Å². The first kappa shape index (κ1) is 18.0. The quantitative estimate of drug-likeness (QED) is 0.690. The van der Waals surface area contributed by atoms with Crippen LogP contribution in [0, 0.1) is 11.7 Å². The van der Waals surface area contributed by atoms with Gasteiger partial charge >= 0.3 is 0 Å². The number of rotatable bonds is 6. The molecule has 2 heterocycles. The van der Waals surface area contributed by atoms with Crippen molar-refractivity contribution in [3.8, 4) is 0 Å². The van der Waals surface area contributed by atoms with Crippen LogP contribution in [-0.2, 0) is 25.8 Å². The Kier molecular flexibility index (Phi) is 4.77. The highest BCUT2D eigenvalue weighted by molar-refractivity contribution is 7.18. The van der Waals surface area contributed by atoms with E-state index in [0.717, 1.165) is 47.5 Å². The van der Waals surface area contributed by atoms with E-state index in [-0.39, 0.29) is 11.4 Å². The molecule has 1 aromatic carbocycles. The predicted octanol–water partition coefficient (Wildman–Crippen LogP) is 3.70. The molecule has 0 bridgehead atoms. The van der Waals surface area contributed by atoms with E-state index < -0.39 is 0 Å². The molecule has 1 saturated carbocycles. The van der Waals surface area contributed by atoms with Gasteiger partial charge in [0.1, 0.15) is 10.6 Å². The van der Waals surface area contributed by atoms with Crippen LogP contribution >= 0.6 is 11.3 Å². The van der Waals surface area contributed by atoms with E-state index in [9.17, 15) is 9.18 Å². The third kappa shape index (κ3) is 3.63. The third-order valence-corrected chi connectivity index (χ3v) is 7.14. The summed E-state index contributed by atoms with van der Waals surface area (Å²) in [5.74, 6) is 0.651. The van der Waals surface area contributed by atoms with Gasteiger partial charge < -0.3 is 5.32 Å². The fourth-order valence-corrected chi connectivity index (χ4v) is 5.35. The second-order valence-electron chi connectivity index (χ2n) is 8.09. The van der Waals surface area contributed by atoms with Gasteiger partial charge in [-0.25, -0.2) is 9.37 Å². The average molecular weight is 398 g/mol. The van der Waals surface area contributed by atoms with Gasteiger partial charge in [-0.2, -0.15) is 0 Å². The van der Waals surface area contributed by atoms with Gasteiger partial charge in [0, 0.05) is 17.5 Å². The molecule has 1 fully saturated rings. The van der Waals surface area contributed by atoms with Gasteiger partial charge in [-0.05, 0) is 74.2 Å². The van der Waals surface area contributed by atoms with Crippen molar-refractivity contribution in [3.05, 3.63) is 62.8 Å². The van der Waals surface area contributed by atoms with E-state index in [0.29, 0.717) is 19.0 Å². The number of thiophene rings is 1. The van der Waals surface area contributed by atoms with Crippen LogP contribution in [0.2, 0.25) is 0 Å². The zero-order chi connectivity index (χ0) is 19.1. The molecule has 0 radical (unpaired) electrons. The van der Waals surface area contributed by atoms with Gasteiger partial charge in [-0.15, -0.1) is 11.3 Å². The molecule has 2 aromatic heterocycles. The molecule has 3 aromatic rings. The summed E-state index contributed by atoms with van der Waals surface area (Å²) >= 11 is 1.69. The van der Waals surface area contributed by atoms with Crippen LogP contribution in [0.3, 0.4) is 0 Å². The topological polar surface area (TPSA) is 46.9 Å². The average Bonchev–Trinajstić information content (AvgIpc) is 3.46. The molecule has 1 atom stereocenters. The summed E-state index contributed by atoms with van der Waals surface area (Å²) in [7, 11) is 0. The first-order valence-electron chi connectivity index (χ1n) is 10.1. The van der Waals surface area contributed by atoms with Gasteiger partial charge in [0.05, 0.1) is 11.7 Å². The van der Waals surface area contributed by atoms with Crippen molar-refractivity contribution >= 4 is 21.6 Å². The Morgan fingerprint density at radius 3 is 2.82 bits per heavy atom. The second-order valence-corrected chi connectivity index (χ2v) is 9.18. The minimum Gasteiger partial charge on any atom is -0.313 e. The molecule has 2 aliphatic carbocycles. The monoisotopic (exact) mass is 397 g/mol. The molecule has 6 heteroatoms. The number of aromatic nitrogens is 2. The number of nitrogens with zero attached hydrogens (tertiary/aromatic N) is 2. The number of nitrogens with one attached hydrogen (secondary N) is 1. The van der Waals surface area contributed by atoms with Gasteiger partial charge in [0.15, 0.2) is 0 Å². The summed E-state index contributed by atoms with van der Waals surface area (Å²) in [5.41, 5.74) is 2.30. The predicted molar refractivity (Wildman–Crippen MR) is 111 cm³/mol. The Bertz CT molecular complexity index is 1050. The number of halogens is 1. The van der Waals surface area contributed by atoms with Crippen molar-refractivity contribution in [2.75, 3.05) is 6.54 Å². The molecule has 1 unspecified atom stereocenters. The van der Waals surface area contributed by atoms with Crippen LogP contribution in [0.15, 0.2) is 35.4 Å². The molecule has 0 saturated heterocycles. The molecule has 5 rings (SSSR count). The lowest BCUT2D eigenvalue weighted by molar-refractivity contribution is 0.453. The van der Waals surface area contributed by atoms with Gasteiger partial charge in [0.25, 0.3) is 5.56 Å². The van der Waals surface area contributed by atoms with Crippen molar-refractivity contribution in [3.63, 3.8) is 0 Å². The highest BCUT2D eigenvalue weighted by atomic mass is 32.1. The highest BCUT2D eigenvalue weighted by Crippen LogP contribution is 2.34. The van der Waals surface area contributed by atoms with Crippen molar-refractivity contribution in [2.24, 2.45) is 5.92 Å². The van der Waals surface area contributed by atoms with E-state index in [1.165, 1.54) is 35.4 Å². The number of aryl methyl sites for hydroxylation is 3. The Morgan fingerprint density at radius 1 is 1.21 bits per heavy atom. The van der Waals surface area contributed by atoms with E-state index in [1.807, 2.05) is 0 Å². The van der Waals surface area contributed by atoms with Crippen LogP contribution in [0.4, 0.5) is 4.39 Å². The van der Waals surface area contributed by atoms with Crippen LogP contribution in [0.25, 0.3) is 10.2 Å². The normalized spacial score (nSPS) is 19.1. The van der Waals surface area contributed by atoms with Crippen molar-refractivity contribution in [1.82, 2.24) is 14.9 Å². The molecular weight excluding hydrogens is 373 g/mol. The summed E-state index contributed by atoms with van der Waals surface area (Å²) in [6.07, 6.45) is 8.15. The summed E-state index contributed by atoms with van der Waals surface area (Å²) in [5, 5.41) is 4.53. The lowest BCUT2D eigenvalue weighted by atomic mass is 9.93. The third-order valence-electron chi connectivity index (χ3n) is 5.98. The van der Waals surface area contributed by atoms with Gasteiger partial charge in [-0.3, -0.25) is 9.36 Å². The number of hydrogen-bond acceptors (Lipinski definition) is 4. The standard InChI is InChI=1S/C22H24FN3OS/c23-16-5-3-14(4-6-16)9-10-26-13-25-21-20(22(26)27)18-8-7-17(11-19(18)28-21)24-12-15-1-2-15/h3-6,13,15,17,24H,1-2,7-12H2. The Hall–Kier alpha value is -2.05. The molecule has 2 aliphatic rings. The van der Waals surface area contributed by atoms with E-state index in [4.69, 9.17) is 0 Å². The minimum absolute atomic E-state index is 0.0639. The van der Waals surface area contributed by atoms with Crippen molar-refractivity contribution in [2.45, 2.75) is 51.1 Å². The molecule has 0 aliphatic heterocycles. The fourth-order valence-electron chi connectivity index (χ4n) is 4.09. The summed E-state index contributed by atoms with van der Waals surface area (Å²) in [6.45, 7) is 1.70. The summed E-state index contributed by atoms with van der Waals surface area (Å²) < 4.78 is 14.8. The molecular formula is C22H24FN3OS. The maximum Gasteiger partial charge on any atom is 0.262 e. The van der Waals surface area contributed by atoms with Crippen LogP contribution in [0.1, 0.15) is 35.3 Å². The molecule has 28 heavy (non-hydrogen) atoms. The van der Waals surface area contributed by atoms with Gasteiger partial charge in [0.2, 0.25) is 0 Å². The first-order valence-corrected chi connectivity index (χ1v) is 11.0. The van der Waals surface area contributed by atoms with E-state index in [2.05, 4.69) is 10.3 Å². The first-order chi connectivity index (χ1) is 13.7. The van der Waals surface area contributed by atoms with Crippen LogP contribution in [0.5, 0.6) is 0 Å². The van der Waals surface area contributed by atoms with E-state index in [1.54, 1.807) is 34.4 Å². The second kappa shape index (κ2) is 7.41. The lowest BCUT2D eigenvalue weighted by Crippen LogP contribution is -2.35. The highest BCUT2D eigenvalue weighted by Gasteiger charge is 2.27. The maximum absolute atomic E-state index is 13.1. The van der Waals surface area contributed by atoms with E-state index >= 15 is 0 Å². The zero-order valence-corrected chi connectivity index (χ0v) is 16.6.